The van der Waals surface area contributed by atoms with Crippen LogP contribution in [0.15, 0.2) is 128 Å². The van der Waals surface area contributed by atoms with Crippen molar-refractivity contribution in [3.8, 4) is 5.75 Å². The minimum absolute atomic E-state index is 0.219. The summed E-state index contributed by atoms with van der Waals surface area (Å²) in [6.45, 7) is 5.21. The number of hydrogen-bond acceptors (Lipinski definition) is 7. The fraction of sp³-hybridized carbons (Fsp3) is 0.316. The Morgan fingerprint density at radius 2 is 0.867 bits per heavy atom. The second-order valence-corrected chi connectivity index (χ2v) is 11.0. The van der Waals surface area contributed by atoms with Crippen LogP contribution in [0.4, 0.5) is 0 Å². The molecule has 0 heterocycles. The third-order valence-corrected chi connectivity index (χ3v) is 7.83. The van der Waals surface area contributed by atoms with Crippen molar-refractivity contribution < 1.29 is 33.5 Å². The molecule has 7 nitrogen and oxygen atoms in total. The van der Waals surface area contributed by atoms with Gasteiger partial charge in [-0.15, -0.1) is 6.58 Å². The Morgan fingerprint density at radius 3 is 1.27 bits per heavy atom. The predicted octanol–water partition coefficient (Wildman–Crippen LogP) is 6.28. The topological polar surface area (TPSA) is 75.6 Å². The molecular weight excluding hydrogens is 568 g/mol. The van der Waals surface area contributed by atoms with Gasteiger partial charge in [-0.05, 0) is 34.4 Å². The summed E-state index contributed by atoms with van der Waals surface area (Å²) in [4.78, 5) is 0. The molecule has 1 aliphatic carbocycles. The maximum Gasteiger partial charge on any atom is 0.118 e. The molecule has 0 radical (unpaired) electrons. The van der Waals surface area contributed by atoms with Gasteiger partial charge in [0.25, 0.3) is 0 Å². The van der Waals surface area contributed by atoms with E-state index in [0.29, 0.717) is 13.2 Å². The van der Waals surface area contributed by atoms with Crippen LogP contribution in [-0.4, -0.2) is 55.4 Å². The number of rotatable bonds is 16. The maximum absolute atomic E-state index is 11.9. The highest BCUT2D eigenvalue weighted by Gasteiger charge is 2.54. The van der Waals surface area contributed by atoms with Gasteiger partial charge < -0.3 is 33.5 Å². The Balaban J connectivity index is 1.47. The summed E-state index contributed by atoms with van der Waals surface area (Å²) in [5.74, 6) is 0.760. The molecule has 4 aromatic rings. The molecule has 45 heavy (non-hydrogen) atoms. The monoisotopic (exact) mass is 610 g/mol. The van der Waals surface area contributed by atoms with Crippen LogP contribution in [0, 0.1) is 0 Å². The third-order valence-electron chi connectivity index (χ3n) is 7.83. The molecule has 0 saturated heterocycles. The summed E-state index contributed by atoms with van der Waals surface area (Å²) < 4.78 is 37.9. The van der Waals surface area contributed by atoms with Gasteiger partial charge in [0, 0.05) is 0 Å². The van der Waals surface area contributed by atoms with Gasteiger partial charge in [-0.1, -0.05) is 109 Å². The predicted molar refractivity (Wildman–Crippen MR) is 173 cm³/mol. The zero-order chi connectivity index (χ0) is 31.3. The lowest BCUT2D eigenvalue weighted by Gasteiger charge is -2.48. The molecule has 0 aliphatic heterocycles. The highest BCUT2D eigenvalue weighted by atomic mass is 16.6. The van der Waals surface area contributed by atoms with E-state index >= 15 is 0 Å². The van der Waals surface area contributed by atoms with E-state index in [1.807, 2.05) is 115 Å². The summed E-state index contributed by atoms with van der Waals surface area (Å²) in [6, 6.07) is 37.4. The van der Waals surface area contributed by atoms with E-state index in [9.17, 15) is 5.11 Å². The Labute approximate surface area is 265 Å². The second-order valence-electron chi connectivity index (χ2n) is 11.0. The lowest BCUT2D eigenvalue weighted by Crippen LogP contribution is -2.66. The van der Waals surface area contributed by atoms with E-state index in [0.717, 1.165) is 28.0 Å². The van der Waals surface area contributed by atoms with E-state index in [4.69, 9.17) is 28.4 Å². The van der Waals surface area contributed by atoms with Crippen molar-refractivity contribution in [1.82, 2.24) is 0 Å². The Morgan fingerprint density at radius 1 is 0.511 bits per heavy atom. The Bertz CT molecular complexity index is 1400. The molecule has 0 aromatic heterocycles. The minimum Gasteiger partial charge on any atom is -0.497 e. The van der Waals surface area contributed by atoms with Gasteiger partial charge in [0.2, 0.25) is 0 Å². The number of aliphatic hydroxyl groups excluding tert-OH is 1. The SMILES string of the molecule is C=CCO[C@H]1[C@H](O)[C@@H](OCc2ccccc2)[C@H](OCc2ccccc2)[C@@H](OCc2ccccc2)[C@H]1OCc1ccc(OC)cc1. The molecule has 236 valence electrons. The molecule has 1 N–H and O–H groups in total. The van der Waals surface area contributed by atoms with Gasteiger partial charge in [-0.2, -0.15) is 0 Å². The van der Waals surface area contributed by atoms with Crippen molar-refractivity contribution in [1.29, 1.82) is 0 Å². The average molecular weight is 611 g/mol. The summed E-state index contributed by atoms with van der Waals surface area (Å²) in [6.07, 6.45) is -2.99. The van der Waals surface area contributed by atoms with Crippen LogP contribution < -0.4 is 4.74 Å². The van der Waals surface area contributed by atoms with Crippen molar-refractivity contribution in [2.45, 2.75) is 63.1 Å². The first-order chi connectivity index (χ1) is 22.2. The summed E-state index contributed by atoms with van der Waals surface area (Å²) in [5.41, 5.74) is 3.93. The van der Waals surface area contributed by atoms with E-state index in [2.05, 4.69) is 6.58 Å². The second kappa shape index (κ2) is 17.0. The van der Waals surface area contributed by atoms with Crippen LogP contribution in [0.5, 0.6) is 5.75 Å². The number of methoxy groups -OCH3 is 1. The van der Waals surface area contributed by atoms with E-state index in [-0.39, 0.29) is 19.8 Å². The minimum atomic E-state index is -1.08. The fourth-order valence-corrected chi connectivity index (χ4v) is 5.49. The van der Waals surface area contributed by atoms with Crippen LogP contribution >= 0.6 is 0 Å². The lowest BCUT2D eigenvalue weighted by molar-refractivity contribution is -0.280. The van der Waals surface area contributed by atoms with Gasteiger partial charge in [0.1, 0.15) is 42.4 Å². The van der Waals surface area contributed by atoms with Crippen molar-refractivity contribution in [3.05, 3.63) is 150 Å². The molecule has 4 aromatic carbocycles. The van der Waals surface area contributed by atoms with E-state index < -0.39 is 36.6 Å². The fourth-order valence-electron chi connectivity index (χ4n) is 5.49. The first kappa shape index (κ1) is 32.6. The van der Waals surface area contributed by atoms with Crippen LogP contribution in [0.25, 0.3) is 0 Å². The number of ether oxygens (including phenoxy) is 6. The van der Waals surface area contributed by atoms with Crippen LogP contribution in [0.3, 0.4) is 0 Å². The molecule has 0 spiro atoms. The summed E-state index contributed by atoms with van der Waals surface area (Å²) >= 11 is 0. The van der Waals surface area contributed by atoms with Crippen LogP contribution in [0.2, 0.25) is 0 Å². The van der Waals surface area contributed by atoms with Crippen LogP contribution in [0.1, 0.15) is 22.3 Å². The lowest BCUT2D eigenvalue weighted by atomic mass is 9.83. The number of aliphatic hydroxyl groups is 1. The van der Waals surface area contributed by atoms with Crippen molar-refractivity contribution in [2.75, 3.05) is 13.7 Å². The number of hydrogen-bond donors (Lipinski definition) is 1. The highest BCUT2D eigenvalue weighted by molar-refractivity contribution is 5.27. The molecule has 1 saturated carbocycles. The maximum atomic E-state index is 11.9. The summed E-state index contributed by atoms with van der Waals surface area (Å²) in [7, 11) is 1.64. The first-order valence-corrected chi connectivity index (χ1v) is 15.3. The molecule has 5 rings (SSSR count). The van der Waals surface area contributed by atoms with Gasteiger partial charge in [-0.3, -0.25) is 0 Å². The molecule has 1 fully saturated rings. The zero-order valence-corrected chi connectivity index (χ0v) is 25.7. The van der Waals surface area contributed by atoms with E-state index in [1.165, 1.54) is 0 Å². The summed E-state index contributed by atoms with van der Waals surface area (Å²) in [5, 5.41) is 11.9. The number of benzene rings is 4. The first-order valence-electron chi connectivity index (χ1n) is 15.3. The largest absolute Gasteiger partial charge is 0.497 e. The third kappa shape index (κ3) is 9.11. The molecule has 1 aliphatic rings. The van der Waals surface area contributed by atoms with Gasteiger partial charge in [0.15, 0.2) is 0 Å². The van der Waals surface area contributed by atoms with Crippen molar-refractivity contribution >= 4 is 0 Å². The molecule has 7 heteroatoms. The molecule has 0 unspecified atom stereocenters. The zero-order valence-electron chi connectivity index (χ0n) is 25.7. The van der Waals surface area contributed by atoms with E-state index in [1.54, 1.807) is 13.2 Å². The molecule has 6 atom stereocenters. The standard InChI is InChI=1S/C38H42O7/c1-3-23-41-34-33(39)35(42-24-28-13-7-4-8-14-28)37(43-25-29-15-9-5-10-16-29)38(45-26-30-17-11-6-12-18-30)36(34)44-27-31-19-21-32(40-2)22-20-31/h3-22,33-39H,1,23-27H2,2H3/t33-,34-,35+,36-,37-,38-/m0/s1. The van der Waals surface area contributed by atoms with Crippen molar-refractivity contribution in [2.24, 2.45) is 0 Å². The van der Waals surface area contributed by atoms with Crippen LogP contribution in [-0.2, 0) is 50.1 Å². The molecular formula is C38H42O7. The average Bonchev–Trinajstić information content (AvgIpc) is 3.10. The van der Waals surface area contributed by atoms with Crippen molar-refractivity contribution in [3.63, 3.8) is 0 Å². The smallest absolute Gasteiger partial charge is 0.118 e. The van der Waals surface area contributed by atoms with Gasteiger partial charge in [-0.25, -0.2) is 0 Å². The molecule has 0 amide bonds. The highest BCUT2D eigenvalue weighted by Crippen LogP contribution is 2.34. The van der Waals surface area contributed by atoms with Gasteiger partial charge >= 0.3 is 0 Å². The molecule has 0 bridgehead atoms. The quantitative estimate of drug-likeness (QED) is 0.150. The van der Waals surface area contributed by atoms with Gasteiger partial charge in [0.05, 0.1) is 40.1 Å². The Hall–Kier alpha value is -3.82. The Kier molecular flexibility index (Phi) is 12.3. The normalized spacial score (nSPS) is 23.0.